The third kappa shape index (κ3) is 2.25. The summed E-state index contributed by atoms with van der Waals surface area (Å²) in [5.41, 5.74) is 2.70. The maximum Gasteiger partial charge on any atom is 0.141 e. The molecule has 5 heteroatoms. The van der Waals surface area contributed by atoms with E-state index in [-0.39, 0.29) is 12.7 Å². The van der Waals surface area contributed by atoms with E-state index in [2.05, 4.69) is 16.9 Å². The number of nitrogens with zero attached hydrogens (tertiary/aromatic N) is 1. The van der Waals surface area contributed by atoms with Gasteiger partial charge in [0.25, 0.3) is 0 Å². The number of aromatic amines is 1. The van der Waals surface area contributed by atoms with Gasteiger partial charge in [-0.25, -0.2) is 4.98 Å². The molecule has 2 aromatic rings. The molecule has 0 aliphatic carbocycles. The maximum atomic E-state index is 9.13. The van der Waals surface area contributed by atoms with Gasteiger partial charge in [0.05, 0.1) is 30.7 Å². The first-order valence-electron chi connectivity index (χ1n) is 6.82. The fourth-order valence-corrected chi connectivity index (χ4v) is 2.48. The van der Waals surface area contributed by atoms with Gasteiger partial charge < -0.3 is 19.6 Å². The minimum Gasteiger partial charge on any atom is -0.493 e. The van der Waals surface area contributed by atoms with Crippen molar-refractivity contribution in [3.05, 3.63) is 29.6 Å². The second-order valence-electron chi connectivity index (χ2n) is 4.94. The van der Waals surface area contributed by atoms with E-state index in [1.165, 1.54) is 5.56 Å². The van der Waals surface area contributed by atoms with E-state index in [0.717, 1.165) is 23.5 Å². The summed E-state index contributed by atoms with van der Waals surface area (Å²) in [5.74, 6) is 2.36. The summed E-state index contributed by atoms with van der Waals surface area (Å²) in [7, 11) is 0. The molecule has 0 saturated heterocycles. The van der Waals surface area contributed by atoms with Crippen LogP contribution in [0.15, 0.2) is 18.3 Å². The van der Waals surface area contributed by atoms with E-state index in [4.69, 9.17) is 14.6 Å². The number of aliphatic hydroxyl groups is 1. The average Bonchev–Trinajstić information content (AvgIpc) is 3.03. The topological polar surface area (TPSA) is 67.4 Å². The van der Waals surface area contributed by atoms with Crippen LogP contribution in [0.25, 0.3) is 11.4 Å². The van der Waals surface area contributed by atoms with Crippen molar-refractivity contribution in [2.24, 2.45) is 0 Å². The molecular weight excluding hydrogens is 256 g/mol. The number of aliphatic hydroxyl groups excluding tert-OH is 1. The van der Waals surface area contributed by atoms with Crippen molar-refractivity contribution >= 4 is 0 Å². The molecule has 1 aliphatic rings. The summed E-state index contributed by atoms with van der Waals surface area (Å²) < 4.78 is 11.5. The van der Waals surface area contributed by atoms with E-state index in [1.54, 1.807) is 6.20 Å². The zero-order valence-corrected chi connectivity index (χ0v) is 11.6. The Morgan fingerprint density at radius 1 is 1.50 bits per heavy atom. The molecule has 5 nitrogen and oxygen atoms in total. The lowest BCUT2D eigenvalue weighted by Crippen LogP contribution is -2.05. The Kier molecular flexibility index (Phi) is 3.36. The summed E-state index contributed by atoms with van der Waals surface area (Å²) in [6, 6.07) is 3.99. The molecule has 106 valence electrons. The molecule has 0 spiro atoms. The smallest absolute Gasteiger partial charge is 0.141 e. The Labute approximate surface area is 117 Å². The number of rotatable bonds is 4. The zero-order valence-electron chi connectivity index (χ0n) is 11.6. The highest BCUT2D eigenvalue weighted by Crippen LogP contribution is 2.39. The van der Waals surface area contributed by atoms with Crippen LogP contribution in [-0.4, -0.2) is 27.8 Å². The molecule has 1 aromatic carbocycles. The summed E-state index contributed by atoms with van der Waals surface area (Å²) in [5, 5.41) is 9.13. The predicted octanol–water partition coefficient (Wildman–Crippen LogP) is 2.29. The number of ether oxygens (including phenoxy) is 2. The highest BCUT2D eigenvalue weighted by Gasteiger charge is 2.23. The van der Waals surface area contributed by atoms with Crippen LogP contribution < -0.4 is 9.47 Å². The quantitative estimate of drug-likeness (QED) is 0.897. The summed E-state index contributed by atoms with van der Waals surface area (Å²) in [4.78, 5) is 7.38. The number of fused-ring (bicyclic) bond motifs is 1. The monoisotopic (exact) mass is 274 g/mol. The average molecular weight is 274 g/mol. The first kappa shape index (κ1) is 13.0. The highest BCUT2D eigenvalue weighted by molar-refractivity contribution is 5.68. The van der Waals surface area contributed by atoms with Gasteiger partial charge in [0.1, 0.15) is 23.4 Å². The van der Waals surface area contributed by atoms with Crippen LogP contribution in [-0.2, 0) is 13.0 Å². The molecule has 0 amide bonds. The Balaban J connectivity index is 2.06. The van der Waals surface area contributed by atoms with E-state index in [9.17, 15) is 0 Å². The van der Waals surface area contributed by atoms with Crippen molar-refractivity contribution in [1.82, 2.24) is 9.97 Å². The van der Waals surface area contributed by atoms with E-state index in [1.807, 2.05) is 19.1 Å². The Hall–Kier alpha value is -2.01. The summed E-state index contributed by atoms with van der Waals surface area (Å²) in [6.07, 6.45) is 2.72. The van der Waals surface area contributed by atoms with Crippen molar-refractivity contribution in [2.75, 3.05) is 6.61 Å². The predicted molar refractivity (Wildman–Crippen MR) is 74.9 cm³/mol. The molecule has 0 bridgehead atoms. The van der Waals surface area contributed by atoms with Gasteiger partial charge in [0.15, 0.2) is 0 Å². The van der Waals surface area contributed by atoms with E-state index in [0.29, 0.717) is 18.1 Å². The van der Waals surface area contributed by atoms with Gasteiger partial charge in [-0.05, 0) is 26.0 Å². The lowest BCUT2D eigenvalue weighted by Gasteiger charge is -2.11. The van der Waals surface area contributed by atoms with Crippen LogP contribution in [0.1, 0.15) is 25.1 Å². The van der Waals surface area contributed by atoms with Crippen LogP contribution in [0.3, 0.4) is 0 Å². The Morgan fingerprint density at radius 3 is 3.05 bits per heavy atom. The molecule has 1 aromatic heterocycles. The highest BCUT2D eigenvalue weighted by atomic mass is 16.5. The summed E-state index contributed by atoms with van der Waals surface area (Å²) >= 11 is 0. The number of imidazole rings is 1. The lowest BCUT2D eigenvalue weighted by molar-refractivity contribution is 0.254. The fourth-order valence-electron chi connectivity index (χ4n) is 2.48. The third-order valence-corrected chi connectivity index (χ3v) is 3.35. The number of H-pyrrole nitrogens is 1. The third-order valence-electron chi connectivity index (χ3n) is 3.35. The molecule has 1 atom stereocenters. The maximum absolute atomic E-state index is 9.13. The normalized spacial score (nSPS) is 16.9. The zero-order chi connectivity index (χ0) is 14.1. The molecule has 3 rings (SSSR count). The molecular formula is C15H18N2O3. The standard InChI is InChI=1S/C15H18N2O3/c1-3-19-14-5-10-4-9(2)20-13(10)6-12(14)15-16-7-11(8-18)17-15/h5-7,9,18H,3-4,8H2,1-2H3,(H,16,17). The molecule has 20 heavy (non-hydrogen) atoms. The number of hydrogen-bond donors (Lipinski definition) is 2. The molecule has 0 fully saturated rings. The minimum absolute atomic E-state index is 0.0601. The molecule has 0 saturated carbocycles. The molecule has 2 N–H and O–H groups in total. The first-order chi connectivity index (χ1) is 9.71. The van der Waals surface area contributed by atoms with Crippen LogP contribution in [0.4, 0.5) is 0 Å². The largest absolute Gasteiger partial charge is 0.493 e. The van der Waals surface area contributed by atoms with Crippen molar-refractivity contribution in [3.63, 3.8) is 0 Å². The van der Waals surface area contributed by atoms with Crippen LogP contribution in [0.5, 0.6) is 11.5 Å². The summed E-state index contributed by atoms with van der Waals surface area (Å²) in [6.45, 7) is 4.54. The molecule has 1 unspecified atom stereocenters. The minimum atomic E-state index is -0.0601. The molecule has 0 radical (unpaired) electrons. The van der Waals surface area contributed by atoms with Gasteiger partial charge in [-0.3, -0.25) is 0 Å². The van der Waals surface area contributed by atoms with Gasteiger partial charge in [-0.1, -0.05) is 0 Å². The Bertz CT molecular complexity index is 622. The molecule has 2 heterocycles. The Morgan fingerprint density at radius 2 is 2.35 bits per heavy atom. The second kappa shape index (κ2) is 5.17. The van der Waals surface area contributed by atoms with Crippen LogP contribution in [0.2, 0.25) is 0 Å². The number of hydrogen-bond acceptors (Lipinski definition) is 4. The van der Waals surface area contributed by atoms with Crippen LogP contribution >= 0.6 is 0 Å². The number of nitrogens with one attached hydrogen (secondary N) is 1. The van der Waals surface area contributed by atoms with Gasteiger partial charge in [0.2, 0.25) is 0 Å². The van der Waals surface area contributed by atoms with Gasteiger partial charge in [-0.15, -0.1) is 0 Å². The number of benzene rings is 1. The molecule has 1 aliphatic heterocycles. The fraction of sp³-hybridized carbons (Fsp3) is 0.400. The first-order valence-corrected chi connectivity index (χ1v) is 6.82. The number of aromatic nitrogens is 2. The van der Waals surface area contributed by atoms with Crippen molar-refractivity contribution in [1.29, 1.82) is 0 Å². The van der Waals surface area contributed by atoms with Crippen molar-refractivity contribution in [2.45, 2.75) is 33.0 Å². The van der Waals surface area contributed by atoms with E-state index < -0.39 is 0 Å². The van der Waals surface area contributed by atoms with Gasteiger partial charge in [0, 0.05) is 12.0 Å². The van der Waals surface area contributed by atoms with Crippen molar-refractivity contribution < 1.29 is 14.6 Å². The SMILES string of the molecule is CCOc1cc2c(cc1-c1ncc(CO)[nH]1)OC(C)C2. The van der Waals surface area contributed by atoms with E-state index >= 15 is 0 Å². The van der Waals surface area contributed by atoms with Crippen LogP contribution in [0, 0.1) is 0 Å². The van der Waals surface area contributed by atoms with Gasteiger partial charge in [-0.2, -0.15) is 0 Å². The van der Waals surface area contributed by atoms with Crippen molar-refractivity contribution in [3.8, 4) is 22.9 Å². The van der Waals surface area contributed by atoms with Gasteiger partial charge >= 0.3 is 0 Å². The second-order valence-corrected chi connectivity index (χ2v) is 4.94. The lowest BCUT2D eigenvalue weighted by atomic mass is 10.1.